The van der Waals surface area contributed by atoms with Crippen LogP contribution < -0.4 is 14.8 Å². The van der Waals surface area contributed by atoms with Gasteiger partial charge in [-0.1, -0.05) is 15.9 Å². The Balaban J connectivity index is 1.87. The molecule has 1 amide bonds. The maximum Gasteiger partial charge on any atom is 0.264 e. The smallest absolute Gasteiger partial charge is 0.264 e. The largest absolute Gasteiger partial charge is 0.492 e. The van der Waals surface area contributed by atoms with E-state index in [1.165, 1.54) is 11.8 Å². The predicted octanol–water partition coefficient (Wildman–Crippen LogP) is 5.51. The lowest BCUT2D eigenvalue weighted by Crippen LogP contribution is -2.19. The van der Waals surface area contributed by atoms with Gasteiger partial charge in [0.05, 0.1) is 28.8 Å². The quantitative estimate of drug-likeness (QED) is 0.537. The summed E-state index contributed by atoms with van der Waals surface area (Å²) in [5.41, 5.74) is 1.60. The molecule has 0 aliphatic carbocycles. The summed E-state index contributed by atoms with van der Waals surface area (Å²) < 4.78 is 12.7. The third-order valence-corrected chi connectivity index (χ3v) is 5.57. The SMILES string of the molecule is CCOc1cc(/C=C2/SC(=Nc3ccc(Br)cc3)NC2=O)cc(Br)c1OC. The Bertz CT molecular complexity index is 927. The highest BCUT2D eigenvalue weighted by molar-refractivity contribution is 9.10. The summed E-state index contributed by atoms with van der Waals surface area (Å²) in [6.07, 6.45) is 1.80. The van der Waals surface area contributed by atoms with Crippen LogP contribution in [0.5, 0.6) is 11.5 Å². The first-order valence-electron chi connectivity index (χ1n) is 8.05. The van der Waals surface area contributed by atoms with Crippen LogP contribution in [0.1, 0.15) is 12.5 Å². The molecule has 8 heteroatoms. The number of benzene rings is 2. The minimum atomic E-state index is -0.180. The van der Waals surface area contributed by atoms with Crippen LogP contribution in [-0.2, 0) is 4.79 Å². The van der Waals surface area contributed by atoms with E-state index in [1.807, 2.05) is 43.3 Å². The number of hydrogen-bond acceptors (Lipinski definition) is 5. The Kier molecular flexibility index (Phi) is 6.62. The molecule has 27 heavy (non-hydrogen) atoms. The Morgan fingerprint density at radius 2 is 1.96 bits per heavy atom. The van der Waals surface area contributed by atoms with Crippen LogP contribution in [0.25, 0.3) is 6.08 Å². The Hall–Kier alpha value is -1.77. The van der Waals surface area contributed by atoms with Crippen molar-refractivity contribution in [2.75, 3.05) is 13.7 Å². The molecule has 0 saturated carbocycles. The van der Waals surface area contributed by atoms with Gasteiger partial charge in [0.25, 0.3) is 5.91 Å². The lowest BCUT2D eigenvalue weighted by Gasteiger charge is -2.12. The molecule has 3 rings (SSSR count). The second kappa shape index (κ2) is 8.95. The van der Waals surface area contributed by atoms with Crippen molar-refractivity contribution in [2.24, 2.45) is 4.99 Å². The first-order valence-corrected chi connectivity index (χ1v) is 10.5. The van der Waals surface area contributed by atoms with E-state index in [1.54, 1.807) is 13.2 Å². The molecule has 1 aliphatic rings. The normalized spacial score (nSPS) is 16.7. The minimum Gasteiger partial charge on any atom is -0.492 e. The van der Waals surface area contributed by atoms with Gasteiger partial charge in [-0.3, -0.25) is 4.79 Å². The third kappa shape index (κ3) is 4.94. The Labute approximate surface area is 178 Å². The van der Waals surface area contributed by atoms with Crippen LogP contribution in [0.3, 0.4) is 0 Å². The van der Waals surface area contributed by atoms with E-state index >= 15 is 0 Å². The first-order chi connectivity index (χ1) is 13.0. The highest BCUT2D eigenvalue weighted by Crippen LogP contribution is 2.38. The number of rotatable bonds is 5. The number of methoxy groups -OCH3 is 1. The molecule has 0 bridgehead atoms. The summed E-state index contributed by atoms with van der Waals surface area (Å²) in [4.78, 5) is 17.3. The predicted molar refractivity (Wildman–Crippen MR) is 117 cm³/mol. The van der Waals surface area contributed by atoms with E-state index in [2.05, 4.69) is 42.2 Å². The second-order valence-electron chi connectivity index (χ2n) is 5.43. The summed E-state index contributed by atoms with van der Waals surface area (Å²) in [7, 11) is 1.59. The summed E-state index contributed by atoms with van der Waals surface area (Å²) in [6, 6.07) is 11.3. The number of nitrogens with zero attached hydrogens (tertiary/aromatic N) is 1. The van der Waals surface area contributed by atoms with E-state index in [4.69, 9.17) is 9.47 Å². The molecule has 0 unspecified atom stereocenters. The standard InChI is InChI=1S/C19H16Br2N2O3S/c1-3-26-15-9-11(8-14(21)17(15)25-2)10-16-18(24)23-19(27-16)22-13-6-4-12(20)5-7-13/h4-10H,3H2,1-2H3,(H,22,23,24)/b16-10+. The molecular weight excluding hydrogens is 496 g/mol. The van der Waals surface area contributed by atoms with Gasteiger partial charge in [-0.25, -0.2) is 4.99 Å². The fourth-order valence-corrected chi connectivity index (χ4v) is 4.12. The zero-order valence-corrected chi connectivity index (χ0v) is 18.6. The number of amidine groups is 1. The number of halogens is 2. The zero-order valence-electron chi connectivity index (χ0n) is 14.6. The average molecular weight is 512 g/mol. The Morgan fingerprint density at radius 3 is 2.63 bits per heavy atom. The molecule has 1 fully saturated rings. The molecule has 5 nitrogen and oxygen atoms in total. The van der Waals surface area contributed by atoms with Crippen molar-refractivity contribution < 1.29 is 14.3 Å². The lowest BCUT2D eigenvalue weighted by molar-refractivity contribution is -0.115. The van der Waals surface area contributed by atoms with Gasteiger partial charge in [-0.2, -0.15) is 0 Å². The number of aliphatic imine (C=N–C) groups is 1. The van der Waals surface area contributed by atoms with Crippen molar-refractivity contribution in [3.05, 3.63) is 55.8 Å². The van der Waals surface area contributed by atoms with E-state index in [-0.39, 0.29) is 5.91 Å². The number of carbonyl (C=O) groups is 1. The molecule has 2 aromatic carbocycles. The molecule has 0 radical (unpaired) electrons. The molecule has 1 heterocycles. The van der Waals surface area contributed by atoms with Crippen LogP contribution in [0.4, 0.5) is 5.69 Å². The third-order valence-electron chi connectivity index (χ3n) is 3.54. The van der Waals surface area contributed by atoms with Gasteiger partial charge < -0.3 is 14.8 Å². The average Bonchev–Trinajstić information content (AvgIpc) is 2.96. The van der Waals surface area contributed by atoms with Gasteiger partial charge in [0.2, 0.25) is 0 Å². The fourth-order valence-electron chi connectivity index (χ4n) is 2.40. The minimum absolute atomic E-state index is 0.180. The number of ether oxygens (including phenoxy) is 2. The molecule has 1 N–H and O–H groups in total. The van der Waals surface area contributed by atoms with Crippen molar-refractivity contribution in [2.45, 2.75) is 6.92 Å². The maximum atomic E-state index is 12.3. The van der Waals surface area contributed by atoms with E-state index in [0.717, 1.165) is 20.2 Å². The summed E-state index contributed by atoms with van der Waals surface area (Å²) >= 11 is 8.18. The zero-order chi connectivity index (χ0) is 19.4. The monoisotopic (exact) mass is 510 g/mol. The summed E-state index contributed by atoms with van der Waals surface area (Å²) in [6.45, 7) is 2.42. The van der Waals surface area contributed by atoms with Gasteiger partial charge in [-0.05, 0) is 82.7 Å². The van der Waals surface area contributed by atoms with E-state index < -0.39 is 0 Å². The highest BCUT2D eigenvalue weighted by Gasteiger charge is 2.24. The molecule has 0 aromatic heterocycles. The van der Waals surface area contributed by atoms with Crippen molar-refractivity contribution in [3.63, 3.8) is 0 Å². The maximum absolute atomic E-state index is 12.3. The van der Waals surface area contributed by atoms with Crippen molar-refractivity contribution in [1.82, 2.24) is 5.32 Å². The van der Waals surface area contributed by atoms with E-state index in [0.29, 0.717) is 28.2 Å². The molecule has 1 aliphatic heterocycles. The van der Waals surface area contributed by atoms with Gasteiger partial charge in [0.1, 0.15) is 0 Å². The molecule has 0 atom stereocenters. The molecule has 1 saturated heterocycles. The summed E-state index contributed by atoms with van der Waals surface area (Å²) in [5.74, 6) is 1.06. The number of hydrogen-bond donors (Lipinski definition) is 1. The Morgan fingerprint density at radius 1 is 1.22 bits per heavy atom. The number of amides is 1. The van der Waals surface area contributed by atoms with Crippen LogP contribution in [-0.4, -0.2) is 24.8 Å². The number of nitrogens with one attached hydrogen (secondary N) is 1. The van der Waals surface area contributed by atoms with Gasteiger partial charge >= 0.3 is 0 Å². The summed E-state index contributed by atoms with van der Waals surface area (Å²) in [5, 5.41) is 3.34. The number of thioether (sulfide) groups is 1. The molecule has 0 spiro atoms. The van der Waals surface area contributed by atoms with Gasteiger partial charge in [-0.15, -0.1) is 0 Å². The fraction of sp³-hybridized carbons (Fsp3) is 0.158. The van der Waals surface area contributed by atoms with Gasteiger partial charge in [0.15, 0.2) is 16.7 Å². The number of carbonyl (C=O) groups excluding carboxylic acids is 1. The van der Waals surface area contributed by atoms with Crippen molar-refractivity contribution in [1.29, 1.82) is 0 Å². The molecule has 2 aromatic rings. The van der Waals surface area contributed by atoms with Gasteiger partial charge in [0, 0.05) is 4.47 Å². The van der Waals surface area contributed by atoms with E-state index in [9.17, 15) is 4.79 Å². The van der Waals surface area contributed by atoms with Crippen LogP contribution in [0.15, 0.2) is 55.2 Å². The first kappa shape index (κ1) is 20.0. The lowest BCUT2D eigenvalue weighted by atomic mass is 10.2. The molecule has 140 valence electrons. The van der Waals surface area contributed by atoms with Crippen LogP contribution in [0, 0.1) is 0 Å². The topological polar surface area (TPSA) is 59.9 Å². The second-order valence-corrected chi connectivity index (χ2v) is 8.23. The van der Waals surface area contributed by atoms with Crippen LogP contribution in [0.2, 0.25) is 0 Å². The molecular formula is C19H16Br2N2O3S. The van der Waals surface area contributed by atoms with Crippen molar-refractivity contribution >= 4 is 66.5 Å². The van der Waals surface area contributed by atoms with Crippen LogP contribution >= 0.6 is 43.6 Å². The van der Waals surface area contributed by atoms with Crippen molar-refractivity contribution in [3.8, 4) is 11.5 Å². The highest BCUT2D eigenvalue weighted by atomic mass is 79.9.